The van der Waals surface area contributed by atoms with Crippen LogP contribution >= 0.6 is 11.8 Å². The highest BCUT2D eigenvalue weighted by Gasteiger charge is 2.24. The van der Waals surface area contributed by atoms with E-state index >= 15 is 0 Å². The molecule has 0 bridgehead atoms. The Labute approximate surface area is 93.3 Å². The standard InChI is InChI=1S/C10H15NO3S/c1-2-11(8-5-6-15-7-8)9(12)3-4-10(13)14/h3-4,8H,2,5-7H2,1H3,(H,13,14)/b4-3+/t8-/m1/s1. The molecular weight excluding hydrogens is 214 g/mol. The van der Waals surface area contributed by atoms with Crippen LogP contribution in [0.1, 0.15) is 13.3 Å². The van der Waals surface area contributed by atoms with Crippen molar-refractivity contribution in [2.24, 2.45) is 0 Å². The molecule has 1 amide bonds. The fourth-order valence-electron chi connectivity index (χ4n) is 1.60. The minimum Gasteiger partial charge on any atom is -0.478 e. The fraction of sp³-hybridized carbons (Fsp3) is 0.600. The van der Waals surface area contributed by atoms with Crippen molar-refractivity contribution in [2.75, 3.05) is 18.1 Å². The van der Waals surface area contributed by atoms with E-state index in [0.717, 1.165) is 30.1 Å². The van der Waals surface area contributed by atoms with Crippen LogP contribution in [0.4, 0.5) is 0 Å². The second-order valence-corrected chi connectivity index (χ2v) is 4.46. The number of hydrogen-bond donors (Lipinski definition) is 1. The third-order valence-corrected chi connectivity index (χ3v) is 3.48. The zero-order valence-electron chi connectivity index (χ0n) is 8.68. The predicted molar refractivity (Wildman–Crippen MR) is 59.9 cm³/mol. The van der Waals surface area contributed by atoms with Gasteiger partial charge in [0.05, 0.1) is 0 Å². The Balaban J connectivity index is 2.57. The Hall–Kier alpha value is -0.970. The Morgan fingerprint density at radius 1 is 1.53 bits per heavy atom. The van der Waals surface area contributed by atoms with Crippen molar-refractivity contribution in [2.45, 2.75) is 19.4 Å². The largest absolute Gasteiger partial charge is 0.478 e. The van der Waals surface area contributed by atoms with Gasteiger partial charge in [0.25, 0.3) is 0 Å². The summed E-state index contributed by atoms with van der Waals surface area (Å²) in [5, 5.41) is 8.42. The van der Waals surface area contributed by atoms with Gasteiger partial charge in [-0.15, -0.1) is 0 Å². The van der Waals surface area contributed by atoms with Gasteiger partial charge in [0.1, 0.15) is 0 Å². The number of hydrogen-bond acceptors (Lipinski definition) is 3. The number of rotatable bonds is 4. The van der Waals surface area contributed by atoms with Crippen molar-refractivity contribution in [3.05, 3.63) is 12.2 Å². The minimum absolute atomic E-state index is 0.201. The number of nitrogens with zero attached hydrogens (tertiary/aromatic N) is 1. The molecule has 0 saturated carbocycles. The lowest BCUT2D eigenvalue weighted by Crippen LogP contribution is -2.39. The van der Waals surface area contributed by atoms with E-state index in [9.17, 15) is 9.59 Å². The van der Waals surface area contributed by atoms with Crippen molar-refractivity contribution < 1.29 is 14.7 Å². The molecule has 15 heavy (non-hydrogen) atoms. The lowest BCUT2D eigenvalue weighted by molar-refractivity contribution is -0.132. The molecule has 1 heterocycles. The molecule has 1 saturated heterocycles. The highest BCUT2D eigenvalue weighted by molar-refractivity contribution is 7.99. The fourth-order valence-corrected chi connectivity index (χ4v) is 2.82. The summed E-state index contributed by atoms with van der Waals surface area (Å²) in [6, 6.07) is 0.269. The molecule has 0 aromatic rings. The van der Waals surface area contributed by atoms with Crippen molar-refractivity contribution in [1.29, 1.82) is 0 Å². The lowest BCUT2D eigenvalue weighted by atomic mass is 10.2. The number of carbonyl (C=O) groups is 2. The van der Waals surface area contributed by atoms with Crippen LogP contribution in [0.25, 0.3) is 0 Å². The number of carboxylic acids is 1. The number of aliphatic carboxylic acids is 1. The topological polar surface area (TPSA) is 57.6 Å². The van der Waals surface area contributed by atoms with Gasteiger partial charge < -0.3 is 10.0 Å². The van der Waals surface area contributed by atoms with Crippen LogP contribution in [-0.2, 0) is 9.59 Å². The maximum absolute atomic E-state index is 11.6. The summed E-state index contributed by atoms with van der Waals surface area (Å²) in [6.07, 6.45) is 3.03. The summed E-state index contributed by atoms with van der Waals surface area (Å²) in [6.45, 7) is 2.55. The van der Waals surface area contributed by atoms with E-state index in [1.807, 2.05) is 18.7 Å². The maximum atomic E-state index is 11.6. The van der Waals surface area contributed by atoms with E-state index in [2.05, 4.69) is 0 Å². The third kappa shape index (κ3) is 3.58. The van der Waals surface area contributed by atoms with Gasteiger partial charge in [-0.1, -0.05) is 0 Å². The van der Waals surface area contributed by atoms with Gasteiger partial charge >= 0.3 is 5.97 Å². The van der Waals surface area contributed by atoms with Crippen molar-refractivity contribution in [3.63, 3.8) is 0 Å². The first-order valence-corrected chi connectivity index (χ1v) is 6.10. The molecule has 1 rings (SSSR count). The molecule has 4 nitrogen and oxygen atoms in total. The van der Waals surface area contributed by atoms with Gasteiger partial charge in [-0.3, -0.25) is 4.79 Å². The third-order valence-electron chi connectivity index (χ3n) is 2.34. The van der Waals surface area contributed by atoms with Crippen molar-refractivity contribution >= 4 is 23.6 Å². The molecule has 0 radical (unpaired) electrons. The Kier molecular flexibility index (Phi) is 4.68. The number of amides is 1. The molecule has 5 heteroatoms. The van der Waals surface area contributed by atoms with Crippen LogP contribution in [0.3, 0.4) is 0 Å². The summed E-state index contributed by atoms with van der Waals surface area (Å²) in [5.41, 5.74) is 0. The smallest absolute Gasteiger partial charge is 0.328 e. The second-order valence-electron chi connectivity index (χ2n) is 3.31. The molecule has 0 unspecified atom stereocenters. The van der Waals surface area contributed by atoms with E-state index in [1.165, 1.54) is 0 Å². The first kappa shape index (κ1) is 12.1. The van der Waals surface area contributed by atoms with Crippen LogP contribution < -0.4 is 0 Å². The van der Waals surface area contributed by atoms with Crippen LogP contribution in [0.5, 0.6) is 0 Å². The Morgan fingerprint density at radius 2 is 2.27 bits per heavy atom. The molecule has 1 N–H and O–H groups in total. The molecule has 84 valence electrons. The number of carboxylic acid groups (broad SMARTS) is 1. The average molecular weight is 229 g/mol. The normalized spacial score (nSPS) is 20.7. The lowest BCUT2D eigenvalue weighted by Gasteiger charge is -2.25. The van der Waals surface area contributed by atoms with Gasteiger partial charge in [-0.25, -0.2) is 4.79 Å². The number of carbonyl (C=O) groups excluding carboxylic acids is 1. The first-order valence-electron chi connectivity index (χ1n) is 4.94. The zero-order chi connectivity index (χ0) is 11.3. The average Bonchev–Trinajstić information content (AvgIpc) is 2.69. The van der Waals surface area contributed by atoms with Gasteiger partial charge in [0, 0.05) is 30.5 Å². The molecule has 1 aliphatic heterocycles. The quantitative estimate of drug-likeness (QED) is 0.730. The molecule has 1 aliphatic rings. The molecule has 0 aromatic carbocycles. The van der Waals surface area contributed by atoms with E-state index in [-0.39, 0.29) is 11.9 Å². The van der Waals surface area contributed by atoms with E-state index < -0.39 is 5.97 Å². The predicted octanol–water partition coefficient (Wildman–Crippen LogP) is 0.981. The van der Waals surface area contributed by atoms with Crippen LogP contribution in [-0.4, -0.2) is 46.0 Å². The zero-order valence-corrected chi connectivity index (χ0v) is 9.50. The summed E-state index contributed by atoms with van der Waals surface area (Å²) in [5.74, 6) is 0.755. The molecule has 1 atom stereocenters. The van der Waals surface area contributed by atoms with Gasteiger partial charge in [-0.2, -0.15) is 11.8 Å². The van der Waals surface area contributed by atoms with Crippen molar-refractivity contribution in [3.8, 4) is 0 Å². The highest BCUT2D eigenvalue weighted by atomic mass is 32.2. The summed E-state index contributed by atoms with van der Waals surface area (Å²) < 4.78 is 0. The molecule has 1 fully saturated rings. The second kappa shape index (κ2) is 5.80. The Morgan fingerprint density at radius 3 is 2.73 bits per heavy atom. The summed E-state index contributed by atoms with van der Waals surface area (Å²) >= 11 is 1.83. The first-order chi connectivity index (χ1) is 7.15. The molecule has 0 aliphatic carbocycles. The van der Waals surface area contributed by atoms with Crippen LogP contribution in [0, 0.1) is 0 Å². The van der Waals surface area contributed by atoms with E-state index in [1.54, 1.807) is 4.90 Å². The molecular formula is C10H15NO3S. The summed E-state index contributed by atoms with van der Waals surface area (Å²) in [7, 11) is 0. The van der Waals surface area contributed by atoms with Gasteiger partial charge in [-0.05, 0) is 19.1 Å². The van der Waals surface area contributed by atoms with Crippen molar-refractivity contribution in [1.82, 2.24) is 4.90 Å². The Bertz CT molecular complexity index is 272. The molecule has 0 aromatic heterocycles. The van der Waals surface area contributed by atoms with Crippen LogP contribution in [0.15, 0.2) is 12.2 Å². The van der Waals surface area contributed by atoms with Gasteiger partial charge in [0.2, 0.25) is 5.91 Å². The molecule has 0 spiro atoms. The van der Waals surface area contributed by atoms with E-state index in [4.69, 9.17) is 5.11 Å². The minimum atomic E-state index is -1.08. The number of likely N-dealkylation sites (N-methyl/N-ethyl adjacent to an activating group) is 1. The van der Waals surface area contributed by atoms with E-state index in [0.29, 0.717) is 6.54 Å². The van der Waals surface area contributed by atoms with Gasteiger partial charge in [0.15, 0.2) is 0 Å². The monoisotopic (exact) mass is 229 g/mol. The number of thioether (sulfide) groups is 1. The maximum Gasteiger partial charge on any atom is 0.328 e. The van der Waals surface area contributed by atoms with Crippen LogP contribution in [0.2, 0.25) is 0 Å². The SMILES string of the molecule is CCN(C(=O)/C=C/C(=O)O)[C@@H]1CCSC1. The highest BCUT2D eigenvalue weighted by Crippen LogP contribution is 2.22. The summed E-state index contributed by atoms with van der Waals surface area (Å²) in [4.78, 5) is 23.6.